The molecule has 1 atom stereocenters. The quantitative estimate of drug-likeness (QED) is 0.779. The molecule has 14 heavy (non-hydrogen) atoms. The average Bonchev–Trinajstić information content (AvgIpc) is 2.01. The largest absolute Gasteiger partial charge is 0.369 e. The maximum absolute atomic E-state index is 10.9. The van der Waals surface area contributed by atoms with Gasteiger partial charge in [0, 0.05) is 5.92 Å². The van der Waals surface area contributed by atoms with Gasteiger partial charge in [-0.2, -0.15) is 0 Å². The summed E-state index contributed by atoms with van der Waals surface area (Å²) in [6, 6.07) is 6.33. The van der Waals surface area contributed by atoms with E-state index in [2.05, 4.69) is 32.0 Å². The molecule has 0 radical (unpaired) electrons. The van der Waals surface area contributed by atoms with Crippen molar-refractivity contribution < 1.29 is 4.79 Å². The smallest absolute Gasteiger partial charge is 0.220 e. The molecule has 0 aliphatic carbocycles. The first-order chi connectivity index (χ1) is 6.49. The van der Waals surface area contributed by atoms with Gasteiger partial charge in [-0.3, -0.25) is 4.79 Å². The van der Waals surface area contributed by atoms with Gasteiger partial charge >= 0.3 is 0 Å². The van der Waals surface area contributed by atoms with Crippen molar-refractivity contribution >= 4 is 5.91 Å². The predicted octanol–water partition coefficient (Wildman–Crippen LogP) is 1.97. The van der Waals surface area contributed by atoms with Crippen molar-refractivity contribution in [1.29, 1.82) is 0 Å². The van der Waals surface area contributed by atoms with Gasteiger partial charge in [0.2, 0.25) is 5.91 Å². The van der Waals surface area contributed by atoms with Crippen LogP contribution in [0.4, 0.5) is 0 Å². The third kappa shape index (κ3) is 2.87. The first-order valence-corrected chi connectivity index (χ1v) is 4.85. The third-order valence-electron chi connectivity index (χ3n) is 2.31. The minimum Gasteiger partial charge on any atom is -0.369 e. The topological polar surface area (TPSA) is 43.1 Å². The van der Waals surface area contributed by atoms with E-state index in [4.69, 9.17) is 5.73 Å². The van der Waals surface area contributed by atoms with Crippen molar-refractivity contribution in [2.24, 2.45) is 11.7 Å². The molecule has 0 aromatic heterocycles. The predicted molar refractivity (Wildman–Crippen MR) is 58.0 cm³/mol. The van der Waals surface area contributed by atoms with Crippen LogP contribution in [-0.4, -0.2) is 5.91 Å². The second kappa shape index (κ2) is 4.27. The Labute approximate surface area is 85.1 Å². The van der Waals surface area contributed by atoms with Crippen LogP contribution in [0.5, 0.6) is 0 Å². The van der Waals surface area contributed by atoms with Gasteiger partial charge < -0.3 is 5.73 Å². The third-order valence-corrected chi connectivity index (χ3v) is 2.31. The number of aryl methyl sites for hydroxylation is 2. The molecule has 1 aromatic rings. The van der Waals surface area contributed by atoms with Crippen molar-refractivity contribution in [2.45, 2.75) is 27.2 Å². The van der Waals surface area contributed by atoms with E-state index in [1.54, 1.807) is 0 Å². The van der Waals surface area contributed by atoms with Crippen LogP contribution < -0.4 is 5.73 Å². The van der Waals surface area contributed by atoms with Crippen molar-refractivity contribution in [2.75, 3.05) is 0 Å². The summed E-state index contributed by atoms with van der Waals surface area (Å²) < 4.78 is 0. The maximum atomic E-state index is 10.9. The Balaban J connectivity index is 2.81. The van der Waals surface area contributed by atoms with E-state index in [9.17, 15) is 4.79 Å². The summed E-state index contributed by atoms with van der Waals surface area (Å²) in [5.74, 6) is -0.319. The fourth-order valence-corrected chi connectivity index (χ4v) is 1.64. The van der Waals surface area contributed by atoms with Gasteiger partial charge in [-0.05, 0) is 25.8 Å². The molecule has 1 rings (SSSR count). The molecule has 0 saturated heterocycles. The van der Waals surface area contributed by atoms with Crippen molar-refractivity contribution in [1.82, 2.24) is 0 Å². The fourth-order valence-electron chi connectivity index (χ4n) is 1.64. The summed E-state index contributed by atoms with van der Waals surface area (Å²) in [7, 11) is 0. The highest BCUT2D eigenvalue weighted by atomic mass is 16.1. The van der Waals surface area contributed by atoms with Gasteiger partial charge in [-0.15, -0.1) is 0 Å². The molecule has 0 spiro atoms. The van der Waals surface area contributed by atoms with E-state index in [1.807, 2.05) is 6.92 Å². The molecule has 2 heteroatoms. The molecular weight excluding hydrogens is 174 g/mol. The summed E-state index contributed by atoms with van der Waals surface area (Å²) in [5.41, 5.74) is 8.88. The molecule has 0 bridgehead atoms. The van der Waals surface area contributed by atoms with Crippen molar-refractivity contribution in [3.8, 4) is 0 Å². The van der Waals surface area contributed by atoms with Gasteiger partial charge in [-0.25, -0.2) is 0 Å². The molecule has 76 valence electrons. The van der Waals surface area contributed by atoms with Gasteiger partial charge in [0.25, 0.3) is 0 Å². The lowest BCUT2D eigenvalue weighted by Gasteiger charge is -2.08. The first-order valence-electron chi connectivity index (χ1n) is 4.85. The van der Waals surface area contributed by atoms with Crippen LogP contribution in [-0.2, 0) is 11.2 Å². The lowest BCUT2D eigenvalue weighted by molar-refractivity contribution is -0.121. The average molecular weight is 191 g/mol. The number of primary amides is 1. The van der Waals surface area contributed by atoms with Crippen LogP contribution in [0.2, 0.25) is 0 Å². The van der Waals surface area contributed by atoms with Crippen LogP contribution in [0, 0.1) is 19.8 Å². The maximum Gasteiger partial charge on any atom is 0.220 e. The molecule has 1 amide bonds. The van der Waals surface area contributed by atoms with E-state index in [-0.39, 0.29) is 11.8 Å². The number of hydrogen-bond acceptors (Lipinski definition) is 1. The number of hydrogen-bond donors (Lipinski definition) is 1. The van der Waals surface area contributed by atoms with Crippen LogP contribution in [0.25, 0.3) is 0 Å². The Kier molecular flexibility index (Phi) is 3.28. The van der Waals surface area contributed by atoms with Gasteiger partial charge in [-0.1, -0.05) is 36.2 Å². The Morgan fingerprint density at radius 3 is 2.21 bits per heavy atom. The molecule has 0 aliphatic rings. The molecule has 0 aliphatic heterocycles. The number of amides is 1. The normalized spacial score (nSPS) is 12.5. The molecular formula is C12H17NO. The highest BCUT2D eigenvalue weighted by molar-refractivity contribution is 5.76. The lowest BCUT2D eigenvalue weighted by Crippen LogP contribution is -2.22. The van der Waals surface area contributed by atoms with Crippen molar-refractivity contribution in [3.63, 3.8) is 0 Å². The standard InChI is InChI=1S/C12H17NO/c1-8-4-9(2)6-11(5-8)7-10(3)12(13)14/h4-6,10H,7H2,1-3H3,(H2,13,14). The summed E-state index contributed by atoms with van der Waals surface area (Å²) in [6.45, 7) is 5.98. The Bertz CT molecular complexity index is 324. The molecule has 0 fully saturated rings. The van der Waals surface area contributed by atoms with Crippen molar-refractivity contribution in [3.05, 3.63) is 34.9 Å². The number of carbonyl (C=O) groups excluding carboxylic acids is 1. The number of carbonyl (C=O) groups is 1. The first kappa shape index (κ1) is 10.8. The molecule has 2 N–H and O–H groups in total. The van der Waals surface area contributed by atoms with Crippen LogP contribution in [0.15, 0.2) is 18.2 Å². The summed E-state index contributed by atoms with van der Waals surface area (Å²) >= 11 is 0. The minimum absolute atomic E-state index is 0.0869. The van der Waals surface area contributed by atoms with E-state index in [0.29, 0.717) is 0 Å². The number of benzene rings is 1. The number of rotatable bonds is 3. The van der Waals surface area contributed by atoms with Gasteiger partial charge in [0.05, 0.1) is 0 Å². The Hall–Kier alpha value is -1.31. The van der Waals surface area contributed by atoms with Gasteiger partial charge in [0.15, 0.2) is 0 Å². The monoisotopic (exact) mass is 191 g/mol. The minimum atomic E-state index is -0.232. The van der Waals surface area contributed by atoms with Crippen LogP contribution in [0.1, 0.15) is 23.6 Å². The molecule has 0 heterocycles. The zero-order valence-electron chi connectivity index (χ0n) is 9.00. The Morgan fingerprint density at radius 1 is 1.29 bits per heavy atom. The van der Waals surface area contributed by atoms with E-state index in [0.717, 1.165) is 6.42 Å². The van der Waals surface area contributed by atoms with E-state index >= 15 is 0 Å². The zero-order valence-corrected chi connectivity index (χ0v) is 9.00. The molecule has 0 saturated carbocycles. The summed E-state index contributed by atoms with van der Waals surface area (Å²) in [4.78, 5) is 10.9. The summed E-state index contributed by atoms with van der Waals surface area (Å²) in [5, 5.41) is 0. The highest BCUT2D eigenvalue weighted by Gasteiger charge is 2.09. The SMILES string of the molecule is Cc1cc(C)cc(CC(C)C(N)=O)c1. The number of nitrogens with two attached hydrogens (primary N) is 1. The van der Waals surface area contributed by atoms with Gasteiger partial charge in [0.1, 0.15) is 0 Å². The second-order valence-corrected chi connectivity index (χ2v) is 4.00. The second-order valence-electron chi connectivity index (χ2n) is 4.00. The summed E-state index contributed by atoms with van der Waals surface area (Å²) in [6.07, 6.45) is 0.734. The zero-order chi connectivity index (χ0) is 10.7. The van der Waals surface area contributed by atoms with E-state index < -0.39 is 0 Å². The molecule has 1 aromatic carbocycles. The Morgan fingerprint density at radius 2 is 1.79 bits per heavy atom. The fraction of sp³-hybridized carbons (Fsp3) is 0.417. The lowest BCUT2D eigenvalue weighted by atomic mass is 9.98. The van der Waals surface area contributed by atoms with Crippen LogP contribution in [0.3, 0.4) is 0 Å². The van der Waals surface area contributed by atoms with Crippen LogP contribution >= 0.6 is 0 Å². The molecule has 2 nitrogen and oxygen atoms in total. The van der Waals surface area contributed by atoms with E-state index in [1.165, 1.54) is 16.7 Å². The molecule has 1 unspecified atom stereocenters. The highest BCUT2D eigenvalue weighted by Crippen LogP contribution is 2.13.